The average Bonchev–Trinajstić information content (AvgIpc) is 3.33. The molecular weight excluding hydrogens is 474 g/mol. The molecule has 3 aliphatic heterocycles. The third kappa shape index (κ3) is 4.84. The number of allylic oxidation sites excluding steroid dienone is 4. The number of rotatable bonds is 6. The number of anilines is 1. The van der Waals surface area contributed by atoms with Crippen LogP contribution < -0.4 is 9.64 Å². The molecule has 0 radical (unpaired) electrons. The molecule has 1 atom stereocenters. The van der Waals surface area contributed by atoms with E-state index >= 15 is 0 Å². The number of ether oxygens (including phenoxy) is 4. The average molecular weight is 504 g/mol. The standard InChI is InChI=1S/C27H29N5O5/c1-34-24-8-7-21-26(29-24)22(9-10-28-21)31-13-11-30(12-14-31)15-20-16-32(27(33)36-20)25-18-35-17-23(37-25)19-5-3-2-4-6-19/h2-3,5,7-10,17-18,20H,4,6,11-16H2,1H3. The highest BCUT2D eigenvalue weighted by atomic mass is 16.6. The summed E-state index contributed by atoms with van der Waals surface area (Å²) in [5.41, 5.74) is 3.78. The maximum atomic E-state index is 12.7. The van der Waals surface area contributed by atoms with E-state index in [0.29, 0.717) is 30.6 Å². The molecule has 0 aromatic carbocycles. The fourth-order valence-electron chi connectivity index (χ4n) is 5.00. The van der Waals surface area contributed by atoms with Crippen LogP contribution in [0.15, 0.2) is 72.4 Å². The Morgan fingerprint density at radius 1 is 1.14 bits per heavy atom. The molecule has 1 amide bonds. The second kappa shape index (κ2) is 10.1. The summed E-state index contributed by atoms with van der Waals surface area (Å²) in [6.45, 7) is 4.44. The van der Waals surface area contributed by atoms with Crippen LogP contribution in [-0.4, -0.2) is 78.3 Å². The van der Waals surface area contributed by atoms with Crippen LogP contribution in [0.5, 0.6) is 5.88 Å². The second-order valence-corrected chi connectivity index (χ2v) is 9.29. The second-order valence-electron chi connectivity index (χ2n) is 9.29. The Bertz CT molecular complexity index is 1310. The molecule has 2 saturated heterocycles. The number of piperazine rings is 1. The van der Waals surface area contributed by atoms with Gasteiger partial charge in [-0.25, -0.2) is 14.7 Å². The summed E-state index contributed by atoms with van der Waals surface area (Å²) in [5.74, 6) is 1.56. The van der Waals surface area contributed by atoms with Gasteiger partial charge in [-0.1, -0.05) is 18.2 Å². The van der Waals surface area contributed by atoms with Crippen LogP contribution >= 0.6 is 0 Å². The molecule has 5 heterocycles. The topological polar surface area (TPSA) is 89.5 Å². The van der Waals surface area contributed by atoms with E-state index in [-0.39, 0.29) is 6.10 Å². The number of fused-ring (bicyclic) bond motifs is 1. The molecule has 1 unspecified atom stereocenters. The molecule has 4 aliphatic rings. The first-order valence-corrected chi connectivity index (χ1v) is 12.5. The number of carbonyl (C=O) groups excluding carboxylic acids is 1. The quantitative estimate of drug-likeness (QED) is 0.587. The van der Waals surface area contributed by atoms with Crippen LogP contribution in [0.1, 0.15) is 12.8 Å². The number of amides is 1. The van der Waals surface area contributed by atoms with Gasteiger partial charge in [0, 0.05) is 45.0 Å². The molecule has 37 heavy (non-hydrogen) atoms. The number of cyclic esters (lactones) is 1. The van der Waals surface area contributed by atoms with E-state index < -0.39 is 6.09 Å². The van der Waals surface area contributed by atoms with Crippen molar-refractivity contribution in [3.05, 3.63) is 72.4 Å². The van der Waals surface area contributed by atoms with Crippen LogP contribution in [0.25, 0.3) is 11.0 Å². The lowest BCUT2D eigenvalue weighted by atomic mass is 10.0. The predicted molar refractivity (Wildman–Crippen MR) is 137 cm³/mol. The minimum atomic E-state index is -0.416. The fraction of sp³-hybridized carbons (Fsp3) is 0.370. The highest BCUT2D eigenvalue weighted by Gasteiger charge is 2.37. The zero-order chi connectivity index (χ0) is 25.2. The number of aromatic nitrogens is 2. The van der Waals surface area contributed by atoms with E-state index in [2.05, 4.69) is 25.8 Å². The lowest BCUT2D eigenvalue weighted by Crippen LogP contribution is -2.49. The Hall–Kier alpha value is -4.05. The normalized spacial score (nSPS) is 22.1. The molecule has 0 N–H and O–H groups in total. The summed E-state index contributed by atoms with van der Waals surface area (Å²) in [7, 11) is 1.62. The third-order valence-electron chi connectivity index (χ3n) is 6.95. The van der Waals surface area contributed by atoms with Crippen molar-refractivity contribution in [2.24, 2.45) is 0 Å². The minimum absolute atomic E-state index is 0.248. The smallest absolute Gasteiger partial charge is 0.417 e. The van der Waals surface area contributed by atoms with E-state index in [1.54, 1.807) is 13.4 Å². The molecule has 2 aromatic rings. The number of carbonyl (C=O) groups is 1. The van der Waals surface area contributed by atoms with Crippen LogP contribution in [0.3, 0.4) is 0 Å². The molecule has 0 bridgehead atoms. The Labute approximate surface area is 215 Å². The van der Waals surface area contributed by atoms with Crippen molar-refractivity contribution in [3.63, 3.8) is 0 Å². The first-order chi connectivity index (χ1) is 18.2. The minimum Gasteiger partial charge on any atom is -0.481 e. The first kappa shape index (κ1) is 23.4. The maximum Gasteiger partial charge on any atom is 0.417 e. The molecule has 192 valence electrons. The van der Waals surface area contributed by atoms with Gasteiger partial charge in [-0.3, -0.25) is 9.88 Å². The van der Waals surface area contributed by atoms with Crippen molar-refractivity contribution >= 4 is 22.8 Å². The summed E-state index contributed by atoms with van der Waals surface area (Å²) in [6, 6.07) is 5.76. The maximum absolute atomic E-state index is 12.7. The highest BCUT2D eigenvalue weighted by Crippen LogP contribution is 2.30. The summed E-state index contributed by atoms with van der Waals surface area (Å²) in [6.07, 6.45) is 12.1. The van der Waals surface area contributed by atoms with Gasteiger partial charge >= 0.3 is 6.09 Å². The van der Waals surface area contributed by atoms with E-state index in [9.17, 15) is 4.79 Å². The third-order valence-corrected chi connectivity index (χ3v) is 6.95. The van der Waals surface area contributed by atoms with Crippen molar-refractivity contribution in [2.75, 3.05) is 51.3 Å². The lowest BCUT2D eigenvalue weighted by Gasteiger charge is -2.36. The molecule has 6 rings (SSSR count). The van der Waals surface area contributed by atoms with Crippen LogP contribution in [0, 0.1) is 0 Å². The van der Waals surface area contributed by atoms with Crippen LogP contribution in [0.4, 0.5) is 10.5 Å². The molecule has 0 saturated carbocycles. The van der Waals surface area contributed by atoms with E-state index in [0.717, 1.165) is 61.3 Å². The number of pyridine rings is 2. The Balaban J connectivity index is 1.05. The van der Waals surface area contributed by atoms with Gasteiger partial charge in [-0.05, 0) is 30.5 Å². The first-order valence-electron chi connectivity index (χ1n) is 12.5. The Morgan fingerprint density at radius 3 is 2.84 bits per heavy atom. The molecule has 1 aliphatic carbocycles. The Kier molecular flexibility index (Phi) is 6.40. The van der Waals surface area contributed by atoms with Gasteiger partial charge < -0.3 is 23.8 Å². The molecule has 10 heteroatoms. The van der Waals surface area contributed by atoms with Crippen LogP contribution in [0.2, 0.25) is 0 Å². The monoisotopic (exact) mass is 503 g/mol. The number of methoxy groups -OCH3 is 1. The van der Waals surface area contributed by atoms with Crippen molar-refractivity contribution in [2.45, 2.75) is 18.9 Å². The molecule has 2 fully saturated rings. The van der Waals surface area contributed by atoms with E-state index in [1.807, 2.05) is 36.5 Å². The van der Waals surface area contributed by atoms with Gasteiger partial charge in [0.05, 0.1) is 24.9 Å². The highest BCUT2D eigenvalue weighted by molar-refractivity contribution is 5.88. The molecule has 2 aromatic heterocycles. The van der Waals surface area contributed by atoms with Gasteiger partial charge in [0.15, 0.2) is 12.0 Å². The SMILES string of the molecule is COc1ccc2nccc(N3CCN(CC4CN(C5=COC=C(C6=CC=CCC6)O5)C(=O)O4)CC3)c2n1. The molecule has 10 nitrogen and oxygen atoms in total. The van der Waals surface area contributed by atoms with Crippen molar-refractivity contribution < 1.29 is 23.7 Å². The zero-order valence-corrected chi connectivity index (χ0v) is 20.7. The summed E-state index contributed by atoms with van der Waals surface area (Å²) >= 11 is 0. The van der Waals surface area contributed by atoms with Crippen LogP contribution in [-0.2, 0) is 14.2 Å². The molecule has 0 spiro atoms. The van der Waals surface area contributed by atoms with Crippen molar-refractivity contribution in [1.82, 2.24) is 19.8 Å². The summed E-state index contributed by atoms with van der Waals surface area (Å²) in [4.78, 5) is 27.9. The zero-order valence-electron chi connectivity index (χ0n) is 20.7. The lowest BCUT2D eigenvalue weighted by molar-refractivity contribution is 0.101. The van der Waals surface area contributed by atoms with Gasteiger partial charge in [-0.15, -0.1) is 0 Å². The number of hydrogen-bond donors (Lipinski definition) is 0. The largest absolute Gasteiger partial charge is 0.481 e. The number of nitrogens with zero attached hydrogens (tertiary/aromatic N) is 5. The van der Waals surface area contributed by atoms with Gasteiger partial charge in [0.25, 0.3) is 0 Å². The summed E-state index contributed by atoms with van der Waals surface area (Å²) < 4.78 is 22.5. The fourth-order valence-corrected chi connectivity index (χ4v) is 5.00. The van der Waals surface area contributed by atoms with Crippen molar-refractivity contribution in [1.29, 1.82) is 0 Å². The number of hydrogen-bond acceptors (Lipinski definition) is 9. The van der Waals surface area contributed by atoms with E-state index in [1.165, 1.54) is 11.2 Å². The van der Waals surface area contributed by atoms with Gasteiger partial charge in [0.2, 0.25) is 11.8 Å². The Morgan fingerprint density at radius 2 is 2.03 bits per heavy atom. The van der Waals surface area contributed by atoms with Gasteiger partial charge in [0.1, 0.15) is 17.9 Å². The molecular formula is C27H29N5O5. The van der Waals surface area contributed by atoms with Gasteiger partial charge in [-0.2, -0.15) is 0 Å². The summed E-state index contributed by atoms with van der Waals surface area (Å²) in [5, 5.41) is 0. The van der Waals surface area contributed by atoms with Crippen molar-refractivity contribution in [3.8, 4) is 5.88 Å². The predicted octanol–water partition coefficient (Wildman–Crippen LogP) is 3.54. The van der Waals surface area contributed by atoms with E-state index in [4.69, 9.17) is 18.9 Å².